The number of carbonyl (C=O) groups excluding carboxylic acids is 3. The standard InChI is InChI=1S/C17H12N2O3/c20-15-14(11-12-7-3-1-4-8-12)16(21)19(17(22)18-15)13-9-5-2-6-10-13/h1-11H,(H,18,20,22)/b14-11+. The normalized spacial score (nSPS) is 16.8. The molecule has 1 aliphatic heterocycles. The number of barbiturate groups is 1. The molecule has 0 spiro atoms. The highest BCUT2D eigenvalue weighted by Gasteiger charge is 2.36. The van der Waals surface area contributed by atoms with Crippen LogP contribution in [-0.2, 0) is 9.59 Å². The van der Waals surface area contributed by atoms with Gasteiger partial charge in [0.25, 0.3) is 11.8 Å². The fraction of sp³-hybridized carbons (Fsp3) is 0. The Kier molecular flexibility index (Phi) is 3.53. The van der Waals surface area contributed by atoms with Crippen LogP contribution < -0.4 is 10.2 Å². The van der Waals surface area contributed by atoms with Gasteiger partial charge >= 0.3 is 6.03 Å². The van der Waals surface area contributed by atoms with Gasteiger partial charge in [-0.1, -0.05) is 48.5 Å². The van der Waals surface area contributed by atoms with Gasteiger partial charge in [-0.15, -0.1) is 0 Å². The molecule has 1 fully saturated rings. The Labute approximate surface area is 126 Å². The molecule has 2 aromatic rings. The monoisotopic (exact) mass is 292 g/mol. The lowest BCUT2D eigenvalue weighted by Crippen LogP contribution is -2.54. The molecule has 3 rings (SSSR count). The predicted octanol–water partition coefficient (Wildman–Crippen LogP) is 2.35. The van der Waals surface area contributed by atoms with Crippen LogP contribution in [0, 0.1) is 0 Å². The Bertz CT molecular complexity index is 767. The molecule has 0 aromatic heterocycles. The third-order valence-corrected chi connectivity index (χ3v) is 3.23. The lowest BCUT2D eigenvalue weighted by atomic mass is 10.1. The number of nitrogens with zero attached hydrogens (tertiary/aromatic N) is 1. The number of para-hydroxylation sites is 1. The smallest absolute Gasteiger partial charge is 0.273 e. The number of anilines is 1. The number of hydrogen-bond acceptors (Lipinski definition) is 3. The first-order valence-electron chi connectivity index (χ1n) is 6.68. The molecule has 0 bridgehead atoms. The summed E-state index contributed by atoms with van der Waals surface area (Å²) in [7, 11) is 0. The summed E-state index contributed by atoms with van der Waals surface area (Å²) in [4.78, 5) is 37.4. The van der Waals surface area contributed by atoms with Crippen molar-refractivity contribution in [2.24, 2.45) is 0 Å². The van der Waals surface area contributed by atoms with Crippen molar-refractivity contribution in [1.29, 1.82) is 0 Å². The SMILES string of the molecule is O=C1NC(=O)N(c2ccccc2)C(=O)/C1=C/c1ccccc1. The van der Waals surface area contributed by atoms with Crippen molar-refractivity contribution in [3.63, 3.8) is 0 Å². The molecule has 2 aromatic carbocycles. The number of amides is 4. The molecule has 22 heavy (non-hydrogen) atoms. The van der Waals surface area contributed by atoms with Crippen LogP contribution >= 0.6 is 0 Å². The number of rotatable bonds is 2. The number of urea groups is 1. The summed E-state index contributed by atoms with van der Waals surface area (Å²) < 4.78 is 0. The second-order valence-corrected chi connectivity index (χ2v) is 4.70. The Morgan fingerprint density at radius 2 is 1.41 bits per heavy atom. The summed E-state index contributed by atoms with van der Waals surface area (Å²) in [6, 6.07) is 16.7. The molecule has 0 aliphatic carbocycles. The molecule has 0 atom stereocenters. The van der Waals surface area contributed by atoms with Gasteiger partial charge < -0.3 is 0 Å². The van der Waals surface area contributed by atoms with E-state index in [0.29, 0.717) is 11.3 Å². The van der Waals surface area contributed by atoms with Gasteiger partial charge in [0.2, 0.25) is 0 Å². The number of hydrogen-bond donors (Lipinski definition) is 1. The number of nitrogens with one attached hydrogen (secondary N) is 1. The van der Waals surface area contributed by atoms with E-state index in [2.05, 4.69) is 5.32 Å². The van der Waals surface area contributed by atoms with E-state index in [1.807, 2.05) is 6.07 Å². The third kappa shape index (κ3) is 2.52. The van der Waals surface area contributed by atoms with E-state index >= 15 is 0 Å². The van der Waals surface area contributed by atoms with Gasteiger partial charge in [0.05, 0.1) is 5.69 Å². The summed E-state index contributed by atoms with van der Waals surface area (Å²) in [6.45, 7) is 0. The highest BCUT2D eigenvalue weighted by Crippen LogP contribution is 2.21. The van der Waals surface area contributed by atoms with Crippen LogP contribution in [0.3, 0.4) is 0 Å². The van der Waals surface area contributed by atoms with Gasteiger partial charge in [-0.05, 0) is 23.8 Å². The summed E-state index contributed by atoms with van der Waals surface area (Å²) in [5.41, 5.74) is 1.05. The van der Waals surface area contributed by atoms with Crippen LogP contribution in [0.25, 0.3) is 6.08 Å². The number of carbonyl (C=O) groups is 3. The van der Waals surface area contributed by atoms with Crippen molar-refractivity contribution in [2.45, 2.75) is 0 Å². The first-order valence-corrected chi connectivity index (χ1v) is 6.68. The molecule has 1 heterocycles. The van der Waals surface area contributed by atoms with Gasteiger partial charge in [-0.25, -0.2) is 9.69 Å². The van der Waals surface area contributed by atoms with Gasteiger partial charge in [0, 0.05) is 0 Å². The van der Waals surface area contributed by atoms with Crippen molar-refractivity contribution in [3.05, 3.63) is 71.8 Å². The lowest BCUT2D eigenvalue weighted by molar-refractivity contribution is -0.122. The third-order valence-electron chi connectivity index (χ3n) is 3.23. The average molecular weight is 292 g/mol. The van der Waals surface area contributed by atoms with Crippen molar-refractivity contribution in [3.8, 4) is 0 Å². The van der Waals surface area contributed by atoms with Crippen molar-refractivity contribution in [2.75, 3.05) is 4.90 Å². The maximum atomic E-state index is 12.5. The van der Waals surface area contributed by atoms with Crippen LogP contribution in [0.1, 0.15) is 5.56 Å². The molecule has 0 saturated carbocycles. The molecule has 1 N–H and O–H groups in total. The molecule has 1 saturated heterocycles. The summed E-state index contributed by atoms with van der Waals surface area (Å²) >= 11 is 0. The number of imide groups is 2. The maximum absolute atomic E-state index is 12.5. The zero-order valence-corrected chi connectivity index (χ0v) is 11.5. The van der Waals surface area contributed by atoms with Gasteiger partial charge in [-0.3, -0.25) is 14.9 Å². The van der Waals surface area contributed by atoms with E-state index in [1.165, 1.54) is 6.08 Å². The van der Waals surface area contributed by atoms with Crippen LogP contribution in [-0.4, -0.2) is 17.8 Å². The van der Waals surface area contributed by atoms with E-state index in [0.717, 1.165) is 4.90 Å². The largest absolute Gasteiger partial charge is 0.335 e. The molecule has 4 amide bonds. The second kappa shape index (κ2) is 5.65. The molecule has 0 unspecified atom stereocenters. The fourth-order valence-electron chi connectivity index (χ4n) is 2.18. The van der Waals surface area contributed by atoms with E-state index in [1.54, 1.807) is 54.6 Å². The molecule has 5 nitrogen and oxygen atoms in total. The Morgan fingerprint density at radius 3 is 2.05 bits per heavy atom. The highest BCUT2D eigenvalue weighted by molar-refractivity contribution is 6.39. The van der Waals surface area contributed by atoms with Crippen molar-refractivity contribution >= 4 is 29.6 Å². The maximum Gasteiger partial charge on any atom is 0.335 e. The summed E-state index contributed by atoms with van der Waals surface area (Å²) in [5.74, 6) is -1.32. The Morgan fingerprint density at radius 1 is 0.818 bits per heavy atom. The predicted molar refractivity (Wildman–Crippen MR) is 81.9 cm³/mol. The summed E-state index contributed by atoms with van der Waals surface area (Å²) in [6.07, 6.45) is 1.47. The van der Waals surface area contributed by atoms with E-state index in [9.17, 15) is 14.4 Å². The molecular formula is C17H12N2O3. The minimum atomic E-state index is -0.744. The van der Waals surface area contributed by atoms with Crippen molar-refractivity contribution in [1.82, 2.24) is 5.32 Å². The van der Waals surface area contributed by atoms with E-state index < -0.39 is 17.8 Å². The van der Waals surface area contributed by atoms with Gasteiger partial charge in [0.1, 0.15) is 5.57 Å². The number of benzene rings is 2. The first-order chi connectivity index (χ1) is 10.7. The summed E-state index contributed by atoms with van der Waals surface area (Å²) in [5, 5.41) is 2.19. The Hall–Kier alpha value is -3.21. The topological polar surface area (TPSA) is 66.5 Å². The van der Waals surface area contributed by atoms with Crippen molar-refractivity contribution < 1.29 is 14.4 Å². The fourth-order valence-corrected chi connectivity index (χ4v) is 2.18. The van der Waals surface area contributed by atoms with Gasteiger partial charge in [0.15, 0.2) is 0 Å². The van der Waals surface area contributed by atoms with Crippen LogP contribution in [0.15, 0.2) is 66.2 Å². The quantitative estimate of drug-likeness (QED) is 0.682. The lowest BCUT2D eigenvalue weighted by Gasteiger charge is -2.26. The minimum Gasteiger partial charge on any atom is -0.273 e. The average Bonchev–Trinajstić information content (AvgIpc) is 2.53. The van der Waals surface area contributed by atoms with E-state index in [-0.39, 0.29) is 5.57 Å². The molecule has 0 radical (unpaired) electrons. The zero-order chi connectivity index (χ0) is 15.5. The van der Waals surface area contributed by atoms with Crippen LogP contribution in [0.2, 0.25) is 0 Å². The van der Waals surface area contributed by atoms with Crippen LogP contribution in [0.4, 0.5) is 10.5 Å². The van der Waals surface area contributed by atoms with E-state index in [4.69, 9.17) is 0 Å². The highest BCUT2D eigenvalue weighted by atomic mass is 16.2. The molecular weight excluding hydrogens is 280 g/mol. The minimum absolute atomic E-state index is 0.0744. The molecule has 1 aliphatic rings. The zero-order valence-electron chi connectivity index (χ0n) is 11.5. The second-order valence-electron chi connectivity index (χ2n) is 4.70. The van der Waals surface area contributed by atoms with Crippen LogP contribution in [0.5, 0.6) is 0 Å². The van der Waals surface area contributed by atoms with Gasteiger partial charge in [-0.2, -0.15) is 0 Å². The Balaban J connectivity index is 2.02. The first kappa shape index (κ1) is 13.8. The molecule has 5 heteroatoms. The molecule has 108 valence electrons.